The SMILES string of the molecule is CN(c1ccccc1)N1C(=O)C(=Cc2ccccc2)SC1=S. The second-order valence-corrected chi connectivity index (χ2v) is 6.44. The number of hydrazine groups is 1. The summed E-state index contributed by atoms with van der Waals surface area (Å²) in [7, 11) is 1.84. The minimum Gasteiger partial charge on any atom is -0.280 e. The van der Waals surface area contributed by atoms with E-state index >= 15 is 0 Å². The highest BCUT2D eigenvalue weighted by molar-refractivity contribution is 8.26. The van der Waals surface area contributed by atoms with Gasteiger partial charge in [0.15, 0.2) is 4.32 Å². The van der Waals surface area contributed by atoms with Crippen LogP contribution in [0.15, 0.2) is 65.6 Å². The van der Waals surface area contributed by atoms with Gasteiger partial charge in [-0.25, -0.2) is 0 Å². The van der Waals surface area contributed by atoms with Gasteiger partial charge in [0.1, 0.15) is 0 Å². The molecule has 0 aromatic heterocycles. The van der Waals surface area contributed by atoms with E-state index in [9.17, 15) is 4.79 Å². The molecule has 0 N–H and O–H groups in total. The van der Waals surface area contributed by atoms with E-state index in [1.807, 2.05) is 73.8 Å². The van der Waals surface area contributed by atoms with Crippen molar-refractivity contribution in [1.82, 2.24) is 5.01 Å². The Morgan fingerprint density at radius 1 is 1.05 bits per heavy atom. The summed E-state index contributed by atoms with van der Waals surface area (Å²) in [5.41, 5.74) is 1.91. The van der Waals surface area contributed by atoms with Crippen LogP contribution >= 0.6 is 24.0 Å². The zero-order chi connectivity index (χ0) is 15.5. The molecule has 0 saturated carbocycles. The highest BCUT2D eigenvalue weighted by Crippen LogP contribution is 2.34. The average Bonchev–Trinajstić information content (AvgIpc) is 2.82. The highest BCUT2D eigenvalue weighted by atomic mass is 32.2. The number of rotatable bonds is 3. The summed E-state index contributed by atoms with van der Waals surface area (Å²) in [6.45, 7) is 0. The Morgan fingerprint density at radius 3 is 2.27 bits per heavy atom. The Morgan fingerprint density at radius 2 is 1.64 bits per heavy atom. The number of hydrogen-bond donors (Lipinski definition) is 0. The van der Waals surface area contributed by atoms with Crippen LogP contribution in [0.5, 0.6) is 0 Å². The Kier molecular flexibility index (Phi) is 4.27. The molecule has 2 aromatic rings. The van der Waals surface area contributed by atoms with Crippen molar-refractivity contribution in [1.29, 1.82) is 0 Å². The molecule has 110 valence electrons. The zero-order valence-electron chi connectivity index (χ0n) is 12.0. The first-order valence-electron chi connectivity index (χ1n) is 6.78. The Balaban J connectivity index is 1.88. The summed E-state index contributed by atoms with van der Waals surface area (Å²) in [5, 5.41) is 3.31. The molecule has 5 heteroatoms. The minimum atomic E-state index is -0.0924. The fourth-order valence-electron chi connectivity index (χ4n) is 2.18. The van der Waals surface area contributed by atoms with Crippen molar-refractivity contribution in [3.63, 3.8) is 0 Å². The van der Waals surface area contributed by atoms with E-state index in [4.69, 9.17) is 12.2 Å². The first-order valence-corrected chi connectivity index (χ1v) is 8.01. The molecule has 1 fully saturated rings. The van der Waals surface area contributed by atoms with Gasteiger partial charge in [-0.05, 0) is 36.0 Å². The normalized spacial score (nSPS) is 16.4. The van der Waals surface area contributed by atoms with E-state index in [0.717, 1.165) is 11.3 Å². The van der Waals surface area contributed by atoms with Crippen LogP contribution in [0, 0.1) is 0 Å². The van der Waals surface area contributed by atoms with Gasteiger partial charge in [0.2, 0.25) is 0 Å². The molecule has 1 saturated heterocycles. The predicted octanol–water partition coefficient (Wildman–Crippen LogP) is 3.94. The van der Waals surface area contributed by atoms with Crippen molar-refractivity contribution in [2.24, 2.45) is 0 Å². The molecular formula is C17H14N2OS2. The smallest absolute Gasteiger partial charge is 0.280 e. The van der Waals surface area contributed by atoms with Crippen molar-refractivity contribution < 1.29 is 4.79 Å². The predicted molar refractivity (Wildman–Crippen MR) is 96.3 cm³/mol. The lowest BCUT2D eigenvalue weighted by molar-refractivity contribution is -0.122. The summed E-state index contributed by atoms with van der Waals surface area (Å²) in [6, 6.07) is 19.5. The second kappa shape index (κ2) is 6.34. The van der Waals surface area contributed by atoms with E-state index in [-0.39, 0.29) is 5.91 Å². The topological polar surface area (TPSA) is 23.6 Å². The molecule has 1 aliphatic heterocycles. The lowest BCUT2D eigenvalue weighted by Gasteiger charge is -2.28. The van der Waals surface area contributed by atoms with Gasteiger partial charge in [-0.3, -0.25) is 9.80 Å². The van der Waals surface area contributed by atoms with E-state index in [1.165, 1.54) is 16.8 Å². The van der Waals surface area contributed by atoms with E-state index < -0.39 is 0 Å². The van der Waals surface area contributed by atoms with Crippen LogP contribution in [-0.2, 0) is 4.79 Å². The largest absolute Gasteiger partial charge is 0.285 e. The quantitative estimate of drug-likeness (QED) is 0.630. The monoisotopic (exact) mass is 326 g/mol. The molecule has 0 radical (unpaired) electrons. The number of carbonyl (C=O) groups excluding carboxylic acids is 1. The van der Waals surface area contributed by atoms with Gasteiger partial charge in [0.05, 0.1) is 10.6 Å². The first kappa shape index (κ1) is 14.8. The maximum absolute atomic E-state index is 12.6. The summed E-state index contributed by atoms with van der Waals surface area (Å²) in [6.07, 6.45) is 1.87. The molecule has 3 nitrogen and oxygen atoms in total. The molecule has 22 heavy (non-hydrogen) atoms. The number of thiocarbonyl (C=S) groups is 1. The third kappa shape index (κ3) is 2.91. The van der Waals surface area contributed by atoms with E-state index in [0.29, 0.717) is 9.23 Å². The molecule has 0 unspecified atom stereocenters. The van der Waals surface area contributed by atoms with Crippen LogP contribution in [0.2, 0.25) is 0 Å². The average molecular weight is 326 g/mol. The Bertz CT molecular complexity index is 729. The fraction of sp³-hybridized carbons (Fsp3) is 0.0588. The molecule has 0 bridgehead atoms. The molecule has 2 aromatic carbocycles. The number of nitrogens with zero attached hydrogens (tertiary/aromatic N) is 2. The van der Waals surface area contributed by atoms with E-state index in [2.05, 4.69) is 0 Å². The maximum atomic E-state index is 12.6. The minimum absolute atomic E-state index is 0.0924. The van der Waals surface area contributed by atoms with Gasteiger partial charge in [-0.15, -0.1) is 0 Å². The Labute approximate surface area is 139 Å². The van der Waals surface area contributed by atoms with Crippen molar-refractivity contribution in [2.75, 3.05) is 12.1 Å². The van der Waals surface area contributed by atoms with Gasteiger partial charge < -0.3 is 0 Å². The molecular weight excluding hydrogens is 312 g/mol. The van der Waals surface area contributed by atoms with Crippen LogP contribution < -0.4 is 5.01 Å². The summed E-state index contributed by atoms with van der Waals surface area (Å²) < 4.78 is 0.540. The van der Waals surface area contributed by atoms with Crippen LogP contribution in [0.25, 0.3) is 6.08 Å². The second-order valence-electron chi connectivity index (χ2n) is 4.76. The van der Waals surface area contributed by atoms with Crippen LogP contribution in [-0.4, -0.2) is 22.3 Å². The third-order valence-corrected chi connectivity index (χ3v) is 4.58. The van der Waals surface area contributed by atoms with Crippen molar-refractivity contribution >= 4 is 46.0 Å². The maximum Gasteiger partial charge on any atom is 0.285 e. The molecule has 0 spiro atoms. The highest BCUT2D eigenvalue weighted by Gasteiger charge is 2.35. The van der Waals surface area contributed by atoms with Crippen LogP contribution in [0.3, 0.4) is 0 Å². The standard InChI is InChI=1S/C17H14N2OS2/c1-18(14-10-6-3-7-11-14)19-16(20)15(22-17(19)21)12-13-8-4-2-5-9-13/h2-12H,1H3. The molecule has 0 atom stereocenters. The molecule has 1 aliphatic rings. The lowest BCUT2D eigenvalue weighted by atomic mass is 10.2. The van der Waals surface area contributed by atoms with Gasteiger partial charge in [0.25, 0.3) is 5.91 Å². The number of anilines is 1. The number of amides is 1. The lowest BCUT2D eigenvalue weighted by Crippen LogP contribution is -2.42. The van der Waals surface area contributed by atoms with Crippen LogP contribution in [0.1, 0.15) is 5.56 Å². The van der Waals surface area contributed by atoms with Gasteiger partial charge in [-0.2, -0.15) is 5.01 Å². The first-order chi connectivity index (χ1) is 10.7. The number of carbonyl (C=O) groups is 1. The summed E-state index contributed by atoms with van der Waals surface area (Å²) >= 11 is 6.70. The molecule has 1 amide bonds. The molecule has 1 heterocycles. The number of benzene rings is 2. The number of thioether (sulfide) groups is 1. The van der Waals surface area contributed by atoms with Crippen molar-refractivity contribution in [3.05, 3.63) is 71.1 Å². The zero-order valence-corrected chi connectivity index (χ0v) is 13.6. The number of hydrogen-bond acceptors (Lipinski definition) is 4. The molecule has 0 aliphatic carbocycles. The van der Waals surface area contributed by atoms with Gasteiger partial charge in [-0.1, -0.05) is 60.3 Å². The summed E-state index contributed by atoms with van der Waals surface area (Å²) in [4.78, 5) is 13.3. The summed E-state index contributed by atoms with van der Waals surface area (Å²) in [5.74, 6) is -0.0924. The van der Waals surface area contributed by atoms with Gasteiger partial charge >= 0.3 is 0 Å². The van der Waals surface area contributed by atoms with Crippen molar-refractivity contribution in [2.45, 2.75) is 0 Å². The fourth-order valence-corrected chi connectivity index (χ4v) is 3.50. The van der Waals surface area contributed by atoms with Crippen LogP contribution in [0.4, 0.5) is 5.69 Å². The van der Waals surface area contributed by atoms with Crippen molar-refractivity contribution in [3.8, 4) is 0 Å². The molecule has 3 rings (SSSR count). The van der Waals surface area contributed by atoms with Gasteiger partial charge in [0, 0.05) is 7.05 Å². The number of para-hydroxylation sites is 1. The Hall–Kier alpha value is -2.11. The third-order valence-electron chi connectivity index (χ3n) is 3.30. The van der Waals surface area contributed by atoms with E-state index in [1.54, 1.807) is 5.01 Å².